The first kappa shape index (κ1) is 28.8. The number of amides is 2. The Morgan fingerprint density at radius 1 is 0.923 bits per heavy atom. The Bertz CT molecular complexity index is 1350. The first-order valence-corrected chi connectivity index (χ1v) is 15.5. The summed E-state index contributed by atoms with van der Waals surface area (Å²) in [5.74, 6) is -0.660. The number of sulfonamides is 1. The smallest absolute Gasteiger partial charge is 0.264 e. The minimum atomic E-state index is -4.06. The van der Waals surface area contributed by atoms with Crippen LogP contribution in [0.15, 0.2) is 94.3 Å². The van der Waals surface area contributed by atoms with Crippen molar-refractivity contribution in [2.75, 3.05) is 17.4 Å². The van der Waals surface area contributed by atoms with Gasteiger partial charge in [-0.05, 0) is 68.1 Å². The summed E-state index contributed by atoms with van der Waals surface area (Å²) >= 11 is 3.39. The van der Waals surface area contributed by atoms with Gasteiger partial charge in [0.15, 0.2) is 0 Å². The maximum atomic E-state index is 13.9. The average molecular weight is 613 g/mol. The monoisotopic (exact) mass is 611 g/mol. The van der Waals surface area contributed by atoms with E-state index in [2.05, 4.69) is 21.2 Å². The first-order valence-electron chi connectivity index (χ1n) is 13.2. The van der Waals surface area contributed by atoms with Gasteiger partial charge in [-0.3, -0.25) is 13.9 Å². The Balaban J connectivity index is 1.62. The van der Waals surface area contributed by atoms with Crippen molar-refractivity contribution in [3.8, 4) is 0 Å². The number of benzene rings is 3. The number of hydrogen-bond donors (Lipinski definition) is 1. The molecule has 3 aromatic carbocycles. The molecule has 0 radical (unpaired) electrons. The molecule has 7 nitrogen and oxygen atoms in total. The van der Waals surface area contributed by atoms with Crippen LogP contribution < -0.4 is 9.62 Å². The van der Waals surface area contributed by atoms with Gasteiger partial charge in [-0.15, -0.1) is 0 Å². The predicted octanol–water partition coefficient (Wildman–Crippen LogP) is 5.16. The van der Waals surface area contributed by atoms with Crippen molar-refractivity contribution in [3.05, 3.63) is 95.0 Å². The number of nitrogens with zero attached hydrogens (tertiary/aromatic N) is 2. The summed E-state index contributed by atoms with van der Waals surface area (Å²) < 4.78 is 29.4. The zero-order chi connectivity index (χ0) is 27.8. The molecule has 0 aliphatic heterocycles. The molecule has 206 valence electrons. The molecule has 0 heterocycles. The zero-order valence-electron chi connectivity index (χ0n) is 22.0. The Morgan fingerprint density at radius 2 is 1.51 bits per heavy atom. The molecule has 9 heteroatoms. The molecule has 1 aliphatic rings. The topological polar surface area (TPSA) is 86.8 Å². The highest BCUT2D eigenvalue weighted by molar-refractivity contribution is 9.10. The normalized spacial score (nSPS) is 14.5. The minimum Gasteiger partial charge on any atom is -0.352 e. The van der Waals surface area contributed by atoms with Crippen LogP contribution in [0.25, 0.3) is 0 Å². The van der Waals surface area contributed by atoms with Crippen LogP contribution in [0, 0.1) is 0 Å². The second-order valence-corrected chi connectivity index (χ2v) is 12.6. The predicted molar refractivity (Wildman–Crippen MR) is 157 cm³/mol. The summed E-state index contributed by atoms with van der Waals surface area (Å²) in [6.45, 7) is 1.55. The molecule has 1 fully saturated rings. The molecule has 1 atom stereocenters. The van der Waals surface area contributed by atoms with Gasteiger partial charge in [0.25, 0.3) is 10.0 Å². The van der Waals surface area contributed by atoms with Gasteiger partial charge in [0.05, 0.1) is 10.6 Å². The van der Waals surface area contributed by atoms with Crippen LogP contribution in [0.4, 0.5) is 5.69 Å². The molecule has 1 N–H and O–H groups in total. The second kappa shape index (κ2) is 13.3. The summed E-state index contributed by atoms with van der Waals surface area (Å²) in [7, 11) is -4.06. The van der Waals surface area contributed by atoms with Crippen LogP contribution in [0.5, 0.6) is 0 Å². The van der Waals surface area contributed by atoms with Gasteiger partial charge in [-0.25, -0.2) is 8.42 Å². The van der Waals surface area contributed by atoms with E-state index in [-0.39, 0.29) is 23.4 Å². The number of nitrogens with one attached hydrogen (secondary N) is 1. The summed E-state index contributed by atoms with van der Waals surface area (Å²) in [5.41, 5.74) is 1.39. The summed E-state index contributed by atoms with van der Waals surface area (Å²) in [5, 5.41) is 3.09. The highest BCUT2D eigenvalue weighted by atomic mass is 79.9. The Labute approximate surface area is 239 Å². The summed E-state index contributed by atoms with van der Waals surface area (Å²) in [6.07, 6.45) is 4.56. The fourth-order valence-electron chi connectivity index (χ4n) is 4.82. The van der Waals surface area contributed by atoms with Crippen LogP contribution in [0.1, 0.15) is 38.2 Å². The number of halogens is 1. The number of hydrogen-bond acceptors (Lipinski definition) is 4. The van der Waals surface area contributed by atoms with Gasteiger partial charge < -0.3 is 10.2 Å². The first-order chi connectivity index (χ1) is 18.8. The van der Waals surface area contributed by atoms with Gasteiger partial charge in [0.2, 0.25) is 11.8 Å². The van der Waals surface area contributed by atoms with E-state index in [0.29, 0.717) is 12.1 Å². The molecule has 0 saturated heterocycles. The number of carbonyl (C=O) groups excluding carboxylic acids is 2. The third-order valence-electron chi connectivity index (χ3n) is 7.08. The van der Waals surface area contributed by atoms with Crippen LogP contribution >= 0.6 is 15.9 Å². The molecule has 4 rings (SSSR count). The lowest BCUT2D eigenvalue weighted by atomic mass is 10.1. The lowest BCUT2D eigenvalue weighted by molar-refractivity contribution is -0.139. The lowest BCUT2D eigenvalue weighted by Gasteiger charge is -2.32. The van der Waals surface area contributed by atoms with Crippen molar-refractivity contribution in [1.82, 2.24) is 10.2 Å². The van der Waals surface area contributed by atoms with Crippen molar-refractivity contribution in [2.45, 2.75) is 56.0 Å². The van der Waals surface area contributed by atoms with Crippen molar-refractivity contribution >= 4 is 43.5 Å². The van der Waals surface area contributed by atoms with Crippen molar-refractivity contribution in [2.24, 2.45) is 0 Å². The molecule has 0 unspecified atom stereocenters. The van der Waals surface area contributed by atoms with Gasteiger partial charge in [0, 0.05) is 17.1 Å². The van der Waals surface area contributed by atoms with Crippen LogP contribution in [-0.4, -0.2) is 50.3 Å². The standard InChI is InChI=1S/C30H34BrN3O4S/c1-23(30(36)32-26-12-8-9-13-26)33(21-20-24-10-4-2-5-11-24)29(35)22-34(27-18-16-25(31)17-19-27)39(37,38)28-14-6-3-7-15-28/h2-7,10-11,14-19,23,26H,8-9,12-13,20-22H2,1H3,(H,32,36)/t23-/m1/s1. The molecule has 1 saturated carbocycles. The van der Waals surface area contributed by atoms with E-state index >= 15 is 0 Å². The Kier molecular flexibility index (Phi) is 9.80. The maximum Gasteiger partial charge on any atom is 0.264 e. The van der Waals surface area contributed by atoms with Gasteiger partial charge >= 0.3 is 0 Å². The average Bonchev–Trinajstić information content (AvgIpc) is 3.46. The quantitative estimate of drug-likeness (QED) is 0.324. The number of rotatable bonds is 11. The fourth-order valence-corrected chi connectivity index (χ4v) is 6.52. The number of carbonyl (C=O) groups is 2. The molecular weight excluding hydrogens is 578 g/mol. The number of anilines is 1. The molecule has 39 heavy (non-hydrogen) atoms. The largest absolute Gasteiger partial charge is 0.352 e. The highest BCUT2D eigenvalue weighted by Crippen LogP contribution is 2.26. The van der Waals surface area contributed by atoms with E-state index in [1.54, 1.807) is 49.4 Å². The van der Waals surface area contributed by atoms with Gasteiger partial charge in [0.1, 0.15) is 12.6 Å². The molecule has 0 spiro atoms. The van der Waals surface area contributed by atoms with Crippen LogP contribution in [-0.2, 0) is 26.0 Å². The lowest BCUT2D eigenvalue weighted by Crippen LogP contribution is -2.53. The van der Waals surface area contributed by atoms with Gasteiger partial charge in [-0.2, -0.15) is 0 Å². The molecule has 0 bridgehead atoms. The Hall–Kier alpha value is -3.17. The second-order valence-electron chi connectivity index (χ2n) is 9.79. The van der Waals surface area contributed by atoms with E-state index in [1.807, 2.05) is 30.3 Å². The van der Waals surface area contributed by atoms with E-state index in [0.717, 1.165) is 40.0 Å². The zero-order valence-corrected chi connectivity index (χ0v) is 24.4. The van der Waals surface area contributed by atoms with E-state index in [4.69, 9.17) is 0 Å². The minimum absolute atomic E-state index is 0.0866. The van der Waals surface area contributed by atoms with E-state index in [9.17, 15) is 18.0 Å². The van der Waals surface area contributed by atoms with E-state index in [1.165, 1.54) is 17.0 Å². The van der Waals surface area contributed by atoms with Crippen molar-refractivity contribution in [1.29, 1.82) is 0 Å². The molecule has 3 aromatic rings. The highest BCUT2D eigenvalue weighted by Gasteiger charge is 2.33. The summed E-state index contributed by atoms with van der Waals surface area (Å²) in [4.78, 5) is 28.7. The molecule has 0 aromatic heterocycles. The van der Waals surface area contributed by atoms with Crippen LogP contribution in [0.2, 0.25) is 0 Å². The third-order valence-corrected chi connectivity index (χ3v) is 9.39. The SMILES string of the molecule is C[C@H](C(=O)NC1CCCC1)N(CCc1ccccc1)C(=O)CN(c1ccc(Br)cc1)S(=O)(=O)c1ccccc1. The molecule has 2 amide bonds. The van der Waals surface area contributed by atoms with Crippen molar-refractivity contribution < 1.29 is 18.0 Å². The molecule has 1 aliphatic carbocycles. The van der Waals surface area contributed by atoms with Gasteiger partial charge in [-0.1, -0.05) is 77.3 Å². The molecular formula is C30H34BrN3O4S. The maximum absolute atomic E-state index is 13.9. The Morgan fingerprint density at radius 3 is 2.13 bits per heavy atom. The van der Waals surface area contributed by atoms with Crippen molar-refractivity contribution in [3.63, 3.8) is 0 Å². The fraction of sp³-hybridized carbons (Fsp3) is 0.333. The third kappa shape index (κ3) is 7.48. The van der Waals surface area contributed by atoms with E-state index < -0.39 is 28.5 Å². The van der Waals surface area contributed by atoms with Crippen LogP contribution in [0.3, 0.4) is 0 Å². The summed E-state index contributed by atoms with van der Waals surface area (Å²) in [6, 6.07) is 23.9.